The molecule has 1 aromatic heterocycles. The molecular weight excluding hydrogens is 250 g/mol. The van der Waals surface area contributed by atoms with E-state index in [0.29, 0.717) is 6.42 Å². The summed E-state index contributed by atoms with van der Waals surface area (Å²) < 4.78 is 2.30. The van der Waals surface area contributed by atoms with Gasteiger partial charge in [0.05, 0.1) is 11.0 Å². The zero-order valence-corrected chi connectivity index (χ0v) is 12.4. The van der Waals surface area contributed by atoms with Gasteiger partial charge in [-0.1, -0.05) is 26.0 Å². The first kappa shape index (κ1) is 14.6. The van der Waals surface area contributed by atoms with Gasteiger partial charge in [0, 0.05) is 25.9 Å². The van der Waals surface area contributed by atoms with E-state index < -0.39 is 0 Å². The van der Waals surface area contributed by atoms with Crippen molar-refractivity contribution in [3.8, 4) is 0 Å². The van der Waals surface area contributed by atoms with Crippen molar-refractivity contribution >= 4 is 16.9 Å². The molecule has 4 heteroatoms. The number of hydrogen-bond donors (Lipinski definition) is 1. The summed E-state index contributed by atoms with van der Waals surface area (Å²) in [7, 11) is 0. The van der Waals surface area contributed by atoms with Gasteiger partial charge in [-0.25, -0.2) is 4.98 Å². The average Bonchev–Trinajstić information content (AvgIpc) is 2.82. The predicted octanol–water partition coefficient (Wildman–Crippen LogP) is 2.91. The van der Waals surface area contributed by atoms with Gasteiger partial charge in [-0.2, -0.15) is 0 Å². The molecule has 2 rings (SSSR count). The molecule has 1 heterocycles. The Kier molecular flexibility index (Phi) is 5.16. The van der Waals surface area contributed by atoms with Gasteiger partial charge in [0.15, 0.2) is 0 Å². The van der Waals surface area contributed by atoms with Crippen molar-refractivity contribution < 1.29 is 4.79 Å². The number of carbonyl (C=O) groups is 1. The summed E-state index contributed by atoms with van der Waals surface area (Å²) in [5.74, 6) is 1.24. The third-order valence-corrected chi connectivity index (χ3v) is 3.40. The fourth-order valence-electron chi connectivity index (χ4n) is 2.39. The minimum atomic E-state index is 0.118. The van der Waals surface area contributed by atoms with E-state index in [1.165, 1.54) is 5.52 Å². The summed E-state index contributed by atoms with van der Waals surface area (Å²) in [6.07, 6.45) is 3.48. The average molecular weight is 273 g/mol. The van der Waals surface area contributed by atoms with Crippen LogP contribution in [-0.2, 0) is 17.8 Å². The lowest BCUT2D eigenvalue weighted by atomic mass is 10.2. The van der Waals surface area contributed by atoms with Crippen LogP contribution < -0.4 is 5.32 Å². The number of rotatable bonds is 7. The van der Waals surface area contributed by atoms with E-state index in [-0.39, 0.29) is 5.91 Å². The molecule has 108 valence electrons. The highest BCUT2D eigenvalue weighted by atomic mass is 16.1. The first-order chi connectivity index (χ1) is 9.76. The molecule has 0 saturated heterocycles. The molecule has 1 N–H and O–H groups in total. The van der Waals surface area contributed by atoms with E-state index in [0.717, 1.165) is 43.7 Å². The molecule has 0 radical (unpaired) electrons. The topological polar surface area (TPSA) is 46.9 Å². The number of aromatic nitrogens is 2. The monoisotopic (exact) mass is 273 g/mol. The largest absolute Gasteiger partial charge is 0.356 e. The Morgan fingerprint density at radius 3 is 2.85 bits per heavy atom. The molecule has 0 unspecified atom stereocenters. The summed E-state index contributed by atoms with van der Waals surface area (Å²) in [4.78, 5) is 15.9. The minimum Gasteiger partial charge on any atom is -0.356 e. The van der Waals surface area contributed by atoms with Gasteiger partial charge in [-0.05, 0) is 25.0 Å². The summed E-state index contributed by atoms with van der Waals surface area (Å²) in [6.45, 7) is 5.77. The molecule has 4 nitrogen and oxygen atoms in total. The maximum Gasteiger partial charge on any atom is 0.219 e. The molecular formula is C16H23N3O. The van der Waals surface area contributed by atoms with E-state index in [4.69, 9.17) is 4.98 Å². The number of hydrogen-bond acceptors (Lipinski definition) is 2. The summed E-state index contributed by atoms with van der Waals surface area (Å²) in [5.41, 5.74) is 2.27. The van der Waals surface area contributed by atoms with Crippen LogP contribution in [-0.4, -0.2) is 22.0 Å². The zero-order chi connectivity index (χ0) is 14.4. The lowest BCUT2D eigenvalue weighted by Crippen LogP contribution is -2.23. The van der Waals surface area contributed by atoms with Gasteiger partial charge in [0.1, 0.15) is 5.82 Å². The highest BCUT2D eigenvalue weighted by Gasteiger charge is 2.09. The maximum atomic E-state index is 11.2. The molecule has 2 aromatic rings. The number of nitrogens with one attached hydrogen (secondary N) is 1. The second kappa shape index (κ2) is 7.08. The maximum absolute atomic E-state index is 11.2. The van der Waals surface area contributed by atoms with E-state index in [1.54, 1.807) is 0 Å². The Hall–Kier alpha value is -1.84. The Labute approximate surface area is 120 Å². The molecule has 1 aromatic carbocycles. The molecule has 0 atom stereocenters. The zero-order valence-electron chi connectivity index (χ0n) is 12.4. The molecule has 1 amide bonds. The van der Waals surface area contributed by atoms with Crippen molar-refractivity contribution in [3.63, 3.8) is 0 Å². The van der Waals surface area contributed by atoms with Crippen LogP contribution in [0.4, 0.5) is 0 Å². The van der Waals surface area contributed by atoms with Crippen molar-refractivity contribution in [1.29, 1.82) is 0 Å². The second-order valence-electron chi connectivity index (χ2n) is 4.98. The molecule has 0 aliphatic rings. The van der Waals surface area contributed by atoms with Crippen LogP contribution in [0.25, 0.3) is 11.0 Å². The minimum absolute atomic E-state index is 0.118. The smallest absolute Gasteiger partial charge is 0.219 e. The lowest BCUT2D eigenvalue weighted by molar-refractivity contribution is -0.120. The van der Waals surface area contributed by atoms with Gasteiger partial charge in [0.2, 0.25) is 5.91 Å². The van der Waals surface area contributed by atoms with Crippen molar-refractivity contribution in [1.82, 2.24) is 14.9 Å². The first-order valence-electron chi connectivity index (χ1n) is 7.47. The number of aryl methyl sites for hydroxylation is 2. The Balaban J connectivity index is 2.05. The molecule has 20 heavy (non-hydrogen) atoms. The predicted molar refractivity (Wildman–Crippen MR) is 81.6 cm³/mol. The van der Waals surface area contributed by atoms with Crippen molar-refractivity contribution in [2.75, 3.05) is 6.54 Å². The Bertz CT molecular complexity index is 574. The Morgan fingerprint density at radius 1 is 1.30 bits per heavy atom. The number of imidazole rings is 1. The quantitative estimate of drug-likeness (QED) is 0.788. The van der Waals surface area contributed by atoms with Crippen molar-refractivity contribution in [2.24, 2.45) is 0 Å². The first-order valence-corrected chi connectivity index (χ1v) is 7.47. The van der Waals surface area contributed by atoms with Gasteiger partial charge in [0.25, 0.3) is 0 Å². The van der Waals surface area contributed by atoms with Crippen molar-refractivity contribution in [3.05, 3.63) is 30.1 Å². The highest BCUT2D eigenvalue weighted by molar-refractivity contribution is 5.76. The van der Waals surface area contributed by atoms with Crippen LogP contribution in [0.1, 0.15) is 38.9 Å². The standard InChI is InChI=1S/C16H23N3O/c1-3-12-19-14-9-6-5-8-13(14)18-15(19)10-7-11-17-16(20)4-2/h5-6,8-9H,3-4,7,10-12H2,1-2H3,(H,17,20). The van der Waals surface area contributed by atoms with Gasteiger partial charge < -0.3 is 9.88 Å². The number of nitrogens with zero attached hydrogens (tertiary/aromatic N) is 2. The molecule has 0 aliphatic carbocycles. The molecule has 0 fully saturated rings. The SMILES string of the molecule is CCCn1c(CCCNC(=O)CC)nc2ccccc21. The molecule has 0 aliphatic heterocycles. The van der Waals surface area contributed by atoms with E-state index in [1.807, 2.05) is 13.0 Å². The third kappa shape index (κ3) is 3.38. The van der Waals surface area contributed by atoms with Gasteiger partial charge >= 0.3 is 0 Å². The number of carbonyl (C=O) groups excluding carboxylic acids is 1. The summed E-state index contributed by atoms with van der Waals surface area (Å²) in [5, 5.41) is 2.91. The van der Waals surface area contributed by atoms with Gasteiger partial charge in [-0.15, -0.1) is 0 Å². The van der Waals surface area contributed by atoms with Gasteiger partial charge in [-0.3, -0.25) is 4.79 Å². The Morgan fingerprint density at radius 2 is 2.10 bits per heavy atom. The molecule has 0 saturated carbocycles. The molecule has 0 bridgehead atoms. The summed E-state index contributed by atoms with van der Waals surface area (Å²) >= 11 is 0. The van der Waals surface area contributed by atoms with Crippen molar-refractivity contribution in [2.45, 2.75) is 46.1 Å². The van der Waals surface area contributed by atoms with Crippen LogP contribution in [0.15, 0.2) is 24.3 Å². The van der Waals surface area contributed by atoms with Crippen LogP contribution in [0, 0.1) is 0 Å². The lowest BCUT2D eigenvalue weighted by Gasteiger charge is -2.08. The van der Waals surface area contributed by atoms with Crippen LogP contribution in [0.2, 0.25) is 0 Å². The van der Waals surface area contributed by atoms with E-state index >= 15 is 0 Å². The normalized spacial score (nSPS) is 10.9. The van der Waals surface area contributed by atoms with Crippen LogP contribution in [0.3, 0.4) is 0 Å². The fraction of sp³-hybridized carbons (Fsp3) is 0.500. The summed E-state index contributed by atoms with van der Waals surface area (Å²) in [6, 6.07) is 8.27. The highest BCUT2D eigenvalue weighted by Crippen LogP contribution is 2.17. The molecule has 0 spiro atoms. The van der Waals surface area contributed by atoms with Crippen LogP contribution in [0.5, 0.6) is 0 Å². The third-order valence-electron chi connectivity index (χ3n) is 3.40. The van der Waals surface area contributed by atoms with E-state index in [2.05, 4.69) is 35.0 Å². The number of amides is 1. The fourth-order valence-corrected chi connectivity index (χ4v) is 2.39. The number of para-hydroxylation sites is 2. The number of fused-ring (bicyclic) bond motifs is 1. The number of benzene rings is 1. The second-order valence-corrected chi connectivity index (χ2v) is 4.98. The van der Waals surface area contributed by atoms with Crippen LogP contribution >= 0.6 is 0 Å². The van der Waals surface area contributed by atoms with E-state index in [9.17, 15) is 4.79 Å².